The molecule has 0 unspecified atom stereocenters. The van der Waals surface area contributed by atoms with E-state index in [1.807, 2.05) is 0 Å². The van der Waals surface area contributed by atoms with Gasteiger partial charge in [-0.3, -0.25) is 0 Å². The number of hydrogen-bond donors (Lipinski definition) is 3. The van der Waals surface area contributed by atoms with E-state index >= 15 is 0 Å². The minimum Gasteiger partial charge on any atom is -0.478 e. The van der Waals surface area contributed by atoms with Crippen LogP contribution in [-0.4, -0.2) is 46.3 Å². The van der Waals surface area contributed by atoms with E-state index < -0.39 is 5.97 Å². The number of aliphatic carboxylic acids is 1. The molecule has 0 aromatic heterocycles. The fourth-order valence-corrected chi connectivity index (χ4v) is 1.98. The number of hydrogen-bond acceptors (Lipinski definition) is 3. The van der Waals surface area contributed by atoms with Crippen molar-refractivity contribution in [3.05, 3.63) is 35.9 Å². The predicted octanol–water partition coefficient (Wildman–Crippen LogP) is 1.77. The van der Waals surface area contributed by atoms with Gasteiger partial charge in [0.2, 0.25) is 0 Å². The number of benzene rings is 1. The standard InChI is InChI=1S/C15H18N2O4/c18-10-9-17(13-6-7-13)15(21)16-12-4-1-11(2-5-12)3-8-14(19)20/h1-5,8,13,18H,6-7,9-10H2,(H,16,21)(H,19,20). The summed E-state index contributed by atoms with van der Waals surface area (Å²) in [7, 11) is 0. The number of rotatable bonds is 6. The number of carboxylic acid groups (broad SMARTS) is 1. The molecule has 0 bridgehead atoms. The maximum absolute atomic E-state index is 12.1. The van der Waals surface area contributed by atoms with Crippen LogP contribution >= 0.6 is 0 Å². The zero-order chi connectivity index (χ0) is 15.2. The van der Waals surface area contributed by atoms with Crippen molar-refractivity contribution >= 4 is 23.8 Å². The molecule has 0 aliphatic heterocycles. The second-order valence-corrected chi connectivity index (χ2v) is 4.87. The lowest BCUT2D eigenvalue weighted by atomic mass is 10.2. The lowest BCUT2D eigenvalue weighted by Crippen LogP contribution is -2.38. The van der Waals surface area contributed by atoms with Crippen LogP contribution in [0.2, 0.25) is 0 Å². The molecule has 0 saturated heterocycles. The quantitative estimate of drug-likeness (QED) is 0.696. The van der Waals surface area contributed by atoms with E-state index in [0.717, 1.165) is 24.5 Å². The summed E-state index contributed by atoms with van der Waals surface area (Å²) in [5.74, 6) is -1.00. The summed E-state index contributed by atoms with van der Waals surface area (Å²) in [6.45, 7) is 0.277. The van der Waals surface area contributed by atoms with Crippen molar-refractivity contribution in [1.82, 2.24) is 4.90 Å². The van der Waals surface area contributed by atoms with E-state index in [1.165, 1.54) is 6.08 Å². The van der Waals surface area contributed by atoms with Gasteiger partial charge in [-0.2, -0.15) is 0 Å². The largest absolute Gasteiger partial charge is 0.478 e. The SMILES string of the molecule is O=C(O)C=Cc1ccc(NC(=O)N(CCO)C2CC2)cc1. The van der Waals surface area contributed by atoms with Gasteiger partial charge in [0.05, 0.1) is 6.61 Å². The summed E-state index contributed by atoms with van der Waals surface area (Å²) in [6.07, 6.45) is 4.50. The van der Waals surface area contributed by atoms with Crippen LogP contribution in [-0.2, 0) is 4.79 Å². The molecule has 1 aromatic carbocycles. The van der Waals surface area contributed by atoms with Gasteiger partial charge in [0.15, 0.2) is 0 Å². The smallest absolute Gasteiger partial charge is 0.328 e. The number of aliphatic hydroxyl groups excluding tert-OH is 1. The Morgan fingerprint density at radius 2 is 1.95 bits per heavy atom. The molecule has 6 nitrogen and oxygen atoms in total. The van der Waals surface area contributed by atoms with E-state index in [9.17, 15) is 9.59 Å². The summed E-state index contributed by atoms with van der Waals surface area (Å²) in [5, 5.41) is 20.3. The van der Waals surface area contributed by atoms with E-state index in [2.05, 4.69) is 5.32 Å². The molecule has 1 aromatic rings. The summed E-state index contributed by atoms with van der Waals surface area (Å²) in [4.78, 5) is 24.2. The minimum atomic E-state index is -1.00. The van der Waals surface area contributed by atoms with E-state index in [0.29, 0.717) is 12.2 Å². The van der Waals surface area contributed by atoms with Crippen LogP contribution in [0.25, 0.3) is 6.08 Å². The third-order valence-corrected chi connectivity index (χ3v) is 3.17. The number of anilines is 1. The van der Waals surface area contributed by atoms with Crippen LogP contribution in [0.5, 0.6) is 0 Å². The molecule has 112 valence electrons. The molecule has 2 rings (SSSR count). The van der Waals surface area contributed by atoms with Crippen LogP contribution in [0.4, 0.5) is 10.5 Å². The molecule has 2 amide bonds. The number of carboxylic acids is 1. The van der Waals surface area contributed by atoms with Crippen LogP contribution in [0, 0.1) is 0 Å². The Morgan fingerprint density at radius 3 is 2.48 bits per heavy atom. The molecule has 1 aliphatic carbocycles. The highest BCUT2D eigenvalue weighted by molar-refractivity contribution is 5.90. The first-order valence-corrected chi connectivity index (χ1v) is 6.79. The average Bonchev–Trinajstić information content (AvgIpc) is 3.28. The predicted molar refractivity (Wildman–Crippen MR) is 78.9 cm³/mol. The van der Waals surface area contributed by atoms with Crippen molar-refractivity contribution in [3.8, 4) is 0 Å². The topological polar surface area (TPSA) is 89.9 Å². The first kappa shape index (κ1) is 15.1. The van der Waals surface area contributed by atoms with Crippen molar-refractivity contribution in [1.29, 1.82) is 0 Å². The van der Waals surface area contributed by atoms with Crippen molar-refractivity contribution in [2.75, 3.05) is 18.5 Å². The first-order valence-electron chi connectivity index (χ1n) is 6.79. The van der Waals surface area contributed by atoms with Gasteiger partial charge in [-0.15, -0.1) is 0 Å². The Balaban J connectivity index is 1.95. The molecule has 1 saturated carbocycles. The van der Waals surface area contributed by atoms with Gasteiger partial charge < -0.3 is 20.4 Å². The number of amides is 2. The van der Waals surface area contributed by atoms with Gasteiger partial charge >= 0.3 is 12.0 Å². The molecule has 1 fully saturated rings. The summed E-state index contributed by atoms with van der Waals surface area (Å²) in [5.41, 5.74) is 1.38. The number of nitrogens with zero attached hydrogens (tertiary/aromatic N) is 1. The second kappa shape index (κ2) is 6.90. The highest BCUT2D eigenvalue weighted by Gasteiger charge is 2.32. The Bertz CT molecular complexity index is 535. The van der Waals surface area contributed by atoms with E-state index in [4.69, 9.17) is 10.2 Å². The van der Waals surface area contributed by atoms with E-state index in [1.54, 1.807) is 29.2 Å². The molecule has 3 N–H and O–H groups in total. The van der Waals surface area contributed by atoms with Gasteiger partial charge in [-0.25, -0.2) is 9.59 Å². The van der Waals surface area contributed by atoms with Crippen molar-refractivity contribution in [3.63, 3.8) is 0 Å². The van der Waals surface area contributed by atoms with E-state index in [-0.39, 0.29) is 18.7 Å². The summed E-state index contributed by atoms with van der Waals surface area (Å²) < 4.78 is 0. The molecule has 0 radical (unpaired) electrons. The molecule has 0 heterocycles. The lowest BCUT2D eigenvalue weighted by Gasteiger charge is -2.21. The summed E-state index contributed by atoms with van der Waals surface area (Å²) in [6, 6.07) is 6.88. The van der Waals surface area contributed by atoms with Crippen LogP contribution in [0.3, 0.4) is 0 Å². The normalized spacial score (nSPS) is 14.1. The lowest BCUT2D eigenvalue weighted by molar-refractivity contribution is -0.131. The van der Waals surface area contributed by atoms with Crippen LogP contribution in [0.1, 0.15) is 18.4 Å². The van der Waals surface area contributed by atoms with Gasteiger partial charge in [-0.1, -0.05) is 12.1 Å². The van der Waals surface area contributed by atoms with Crippen LogP contribution < -0.4 is 5.32 Å². The number of carbonyl (C=O) groups is 2. The van der Waals surface area contributed by atoms with Crippen molar-refractivity contribution in [2.45, 2.75) is 18.9 Å². The fraction of sp³-hybridized carbons (Fsp3) is 0.333. The highest BCUT2D eigenvalue weighted by Crippen LogP contribution is 2.27. The third-order valence-electron chi connectivity index (χ3n) is 3.17. The molecule has 1 aliphatic rings. The van der Waals surface area contributed by atoms with Crippen molar-refractivity contribution < 1.29 is 19.8 Å². The zero-order valence-corrected chi connectivity index (χ0v) is 11.5. The number of nitrogens with one attached hydrogen (secondary N) is 1. The highest BCUT2D eigenvalue weighted by atomic mass is 16.4. The fourth-order valence-electron chi connectivity index (χ4n) is 1.98. The molecule has 6 heteroatoms. The van der Waals surface area contributed by atoms with Gasteiger partial charge in [-0.05, 0) is 36.6 Å². The Hall–Kier alpha value is -2.34. The number of aliphatic hydroxyl groups is 1. The van der Waals surface area contributed by atoms with Gasteiger partial charge in [0, 0.05) is 24.4 Å². The Labute approximate surface area is 122 Å². The third kappa shape index (κ3) is 4.61. The summed E-state index contributed by atoms with van der Waals surface area (Å²) >= 11 is 0. The Morgan fingerprint density at radius 1 is 1.29 bits per heavy atom. The minimum absolute atomic E-state index is 0.0527. The van der Waals surface area contributed by atoms with Crippen molar-refractivity contribution in [2.24, 2.45) is 0 Å². The van der Waals surface area contributed by atoms with Gasteiger partial charge in [0.25, 0.3) is 0 Å². The Kier molecular flexibility index (Phi) is 4.94. The number of urea groups is 1. The molecule has 0 spiro atoms. The molecular weight excluding hydrogens is 272 g/mol. The molecular formula is C15H18N2O4. The maximum atomic E-state index is 12.1. The zero-order valence-electron chi connectivity index (χ0n) is 11.5. The molecule has 21 heavy (non-hydrogen) atoms. The second-order valence-electron chi connectivity index (χ2n) is 4.87. The monoisotopic (exact) mass is 290 g/mol. The molecule has 0 atom stereocenters. The van der Waals surface area contributed by atoms with Crippen LogP contribution in [0.15, 0.2) is 30.3 Å². The number of carbonyl (C=O) groups excluding carboxylic acids is 1. The first-order chi connectivity index (χ1) is 10.1. The maximum Gasteiger partial charge on any atom is 0.328 e. The average molecular weight is 290 g/mol. The van der Waals surface area contributed by atoms with Gasteiger partial charge in [0.1, 0.15) is 0 Å².